The molecule has 0 radical (unpaired) electrons. The van der Waals surface area contributed by atoms with E-state index in [1.54, 1.807) is 18.6 Å². The molecule has 0 saturated heterocycles. The maximum absolute atomic E-state index is 13.3. The predicted octanol–water partition coefficient (Wildman–Crippen LogP) is 3.68. The molecule has 1 aromatic heterocycles. The van der Waals surface area contributed by atoms with Crippen LogP contribution in [0.15, 0.2) is 41.2 Å². The summed E-state index contributed by atoms with van der Waals surface area (Å²) in [7, 11) is 0. The number of furan rings is 1. The average molecular weight is 226 g/mol. The number of halogens is 2. The summed E-state index contributed by atoms with van der Waals surface area (Å²) in [6.07, 6.45) is 3.18. The molecule has 15 heavy (non-hydrogen) atoms. The topological polar surface area (TPSA) is 25.2 Å². The van der Waals surface area contributed by atoms with Gasteiger partial charge in [0.1, 0.15) is 5.82 Å². The molecule has 4 heteroatoms. The van der Waals surface area contributed by atoms with E-state index in [-0.39, 0.29) is 5.82 Å². The lowest BCUT2D eigenvalue weighted by atomic mass is 10.3. The molecule has 0 atom stereocenters. The highest BCUT2D eigenvalue weighted by Crippen LogP contribution is 2.20. The van der Waals surface area contributed by atoms with Crippen LogP contribution in [0, 0.1) is 5.82 Å². The first-order valence-electron chi connectivity index (χ1n) is 4.46. The Morgan fingerprint density at radius 3 is 2.93 bits per heavy atom. The van der Waals surface area contributed by atoms with Crippen LogP contribution in [0.5, 0.6) is 0 Å². The zero-order chi connectivity index (χ0) is 10.7. The van der Waals surface area contributed by atoms with Crippen molar-refractivity contribution in [1.29, 1.82) is 0 Å². The van der Waals surface area contributed by atoms with Crippen molar-refractivity contribution in [3.8, 4) is 0 Å². The van der Waals surface area contributed by atoms with Crippen molar-refractivity contribution in [2.75, 3.05) is 5.32 Å². The lowest BCUT2D eigenvalue weighted by Crippen LogP contribution is -2.00. The molecule has 2 nitrogen and oxygen atoms in total. The molecule has 0 fully saturated rings. The molecule has 0 saturated carbocycles. The van der Waals surface area contributed by atoms with E-state index in [9.17, 15) is 4.39 Å². The number of hydrogen-bond acceptors (Lipinski definition) is 2. The molecule has 0 unspecified atom stereocenters. The molecule has 1 N–H and O–H groups in total. The van der Waals surface area contributed by atoms with Gasteiger partial charge in [0.2, 0.25) is 0 Å². The van der Waals surface area contributed by atoms with E-state index in [0.29, 0.717) is 17.3 Å². The van der Waals surface area contributed by atoms with Crippen molar-refractivity contribution in [3.05, 3.63) is 53.2 Å². The van der Waals surface area contributed by atoms with Gasteiger partial charge in [-0.2, -0.15) is 0 Å². The van der Waals surface area contributed by atoms with Crippen LogP contribution in [0.3, 0.4) is 0 Å². The average Bonchev–Trinajstić information content (AvgIpc) is 2.72. The van der Waals surface area contributed by atoms with Crippen molar-refractivity contribution in [2.24, 2.45) is 0 Å². The van der Waals surface area contributed by atoms with Gasteiger partial charge in [0.25, 0.3) is 0 Å². The van der Waals surface area contributed by atoms with E-state index in [1.165, 1.54) is 12.1 Å². The van der Waals surface area contributed by atoms with Crippen LogP contribution in [-0.2, 0) is 6.54 Å². The minimum Gasteiger partial charge on any atom is -0.472 e. The summed E-state index contributed by atoms with van der Waals surface area (Å²) < 4.78 is 18.2. The fourth-order valence-corrected chi connectivity index (χ4v) is 1.40. The van der Waals surface area contributed by atoms with E-state index >= 15 is 0 Å². The Hall–Kier alpha value is -1.48. The van der Waals surface area contributed by atoms with Crippen molar-refractivity contribution in [1.82, 2.24) is 0 Å². The minimum atomic E-state index is -0.317. The van der Waals surface area contributed by atoms with E-state index in [1.807, 2.05) is 6.07 Å². The van der Waals surface area contributed by atoms with Crippen molar-refractivity contribution < 1.29 is 8.81 Å². The van der Waals surface area contributed by atoms with Crippen molar-refractivity contribution >= 4 is 17.3 Å². The Morgan fingerprint density at radius 2 is 2.20 bits per heavy atom. The van der Waals surface area contributed by atoms with Crippen LogP contribution in [0.4, 0.5) is 10.1 Å². The summed E-state index contributed by atoms with van der Waals surface area (Å²) in [6.45, 7) is 0.508. The molecule has 2 rings (SSSR count). The highest BCUT2D eigenvalue weighted by atomic mass is 35.5. The summed E-state index contributed by atoms with van der Waals surface area (Å²) in [5.74, 6) is -0.317. The third kappa shape index (κ3) is 2.50. The van der Waals surface area contributed by atoms with E-state index in [4.69, 9.17) is 16.0 Å². The first kappa shape index (κ1) is 10.1. The zero-order valence-electron chi connectivity index (χ0n) is 7.84. The maximum Gasteiger partial charge on any atom is 0.146 e. The van der Waals surface area contributed by atoms with Crippen LogP contribution in [0.25, 0.3) is 0 Å². The SMILES string of the molecule is Fc1ccc(Cl)cc1NCc1ccoc1. The zero-order valence-corrected chi connectivity index (χ0v) is 8.59. The normalized spacial score (nSPS) is 10.3. The van der Waals surface area contributed by atoms with Gasteiger partial charge in [0.05, 0.1) is 18.2 Å². The number of nitrogens with one attached hydrogen (secondary N) is 1. The maximum atomic E-state index is 13.3. The number of hydrogen-bond donors (Lipinski definition) is 1. The largest absolute Gasteiger partial charge is 0.472 e. The molecule has 0 bridgehead atoms. The fraction of sp³-hybridized carbons (Fsp3) is 0.0909. The van der Waals surface area contributed by atoms with Crippen LogP contribution in [0.1, 0.15) is 5.56 Å². The first-order valence-corrected chi connectivity index (χ1v) is 4.83. The first-order chi connectivity index (χ1) is 7.25. The summed E-state index contributed by atoms with van der Waals surface area (Å²) >= 11 is 5.75. The second kappa shape index (κ2) is 4.36. The molecule has 2 aromatic rings. The third-order valence-corrected chi connectivity index (χ3v) is 2.23. The highest BCUT2D eigenvalue weighted by molar-refractivity contribution is 6.30. The van der Waals surface area contributed by atoms with Gasteiger partial charge in [-0.25, -0.2) is 4.39 Å². The number of anilines is 1. The molecule has 1 heterocycles. The molecule has 0 aliphatic carbocycles. The van der Waals surface area contributed by atoms with Gasteiger partial charge in [0, 0.05) is 17.1 Å². The Labute approximate surface area is 91.7 Å². The molecule has 1 aromatic carbocycles. The van der Waals surface area contributed by atoms with Gasteiger partial charge in [-0.15, -0.1) is 0 Å². The summed E-state index contributed by atoms with van der Waals surface area (Å²) in [6, 6.07) is 6.21. The lowest BCUT2D eigenvalue weighted by Gasteiger charge is -2.06. The molecule has 0 aliphatic heterocycles. The lowest BCUT2D eigenvalue weighted by molar-refractivity contribution is 0.564. The predicted molar refractivity (Wildman–Crippen MR) is 57.4 cm³/mol. The van der Waals surface area contributed by atoms with Gasteiger partial charge in [-0.3, -0.25) is 0 Å². The molecule has 0 spiro atoms. The van der Waals surface area contributed by atoms with Gasteiger partial charge in [-0.05, 0) is 24.3 Å². The number of rotatable bonds is 3. The van der Waals surface area contributed by atoms with Gasteiger partial charge >= 0.3 is 0 Å². The van der Waals surface area contributed by atoms with E-state index in [0.717, 1.165) is 5.56 Å². The Balaban J connectivity index is 2.07. The quantitative estimate of drug-likeness (QED) is 0.862. The standard InChI is InChI=1S/C11H9ClFNO/c12-9-1-2-10(13)11(5-9)14-6-8-3-4-15-7-8/h1-5,7,14H,6H2. The monoisotopic (exact) mass is 225 g/mol. The third-order valence-electron chi connectivity index (χ3n) is 1.99. The van der Waals surface area contributed by atoms with E-state index in [2.05, 4.69) is 5.32 Å². The van der Waals surface area contributed by atoms with E-state index < -0.39 is 0 Å². The highest BCUT2D eigenvalue weighted by Gasteiger charge is 2.02. The van der Waals surface area contributed by atoms with Gasteiger partial charge in [0.15, 0.2) is 0 Å². The van der Waals surface area contributed by atoms with Crippen molar-refractivity contribution in [3.63, 3.8) is 0 Å². The second-order valence-electron chi connectivity index (χ2n) is 3.11. The second-order valence-corrected chi connectivity index (χ2v) is 3.55. The Bertz CT molecular complexity index is 442. The molecule has 0 amide bonds. The molecular weight excluding hydrogens is 217 g/mol. The van der Waals surface area contributed by atoms with Crippen LogP contribution >= 0.6 is 11.6 Å². The summed E-state index contributed by atoms with van der Waals surface area (Å²) in [4.78, 5) is 0. The number of benzene rings is 1. The summed E-state index contributed by atoms with van der Waals surface area (Å²) in [5, 5.41) is 3.44. The van der Waals surface area contributed by atoms with Gasteiger partial charge in [-0.1, -0.05) is 11.6 Å². The smallest absolute Gasteiger partial charge is 0.146 e. The molecule has 0 aliphatic rings. The molecule has 78 valence electrons. The fourth-order valence-electron chi connectivity index (χ4n) is 1.22. The van der Waals surface area contributed by atoms with Crippen LogP contribution < -0.4 is 5.32 Å². The Morgan fingerprint density at radius 1 is 1.33 bits per heavy atom. The van der Waals surface area contributed by atoms with Gasteiger partial charge < -0.3 is 9.73 Å². The minimum absolute atomic E-state index is 0.317. The summed E-state index contributed by atoms with van der Waals surface area (Å²) in [5.41, 5.74) is 1.35. The van der Waals surface area contributed by atoms with Crippen molar-refractivity contribution in [2.45, 2.75) is 6.54 Å². The molecular formula is C11H9ClFNO. The van der Waals surface area contributed by atoms with Crippen LogP contribution in [-0.4, -0.2) is 0 Å². The Kier molecular flexibility index (Phi) is 2.92. The van der Waals surface area contributed by atoms with Crippen LogP contribution in [0.2, 0.25) is 5.02 Å².